The Hall–Kier alpha value is -9.52. The topological polar surface area (TPSA) is 45.5 Å². The van der Waals surface area contributed by atoms with Crippen LogP contribution in [0.3, 0.4) is 0 Å². The van der Waals surface area contributed by atoms with Gasteiger partial charge >= 0.3 is 0 Å². The third-order valence-electron chi connectivity index (χ3n) is 14.4. The van der Waals surface area contributed by atoms with Crippen LogP contribution >= 0.6 is 0 Å². The van der Waals surface area contributed by atoms with E-state index in [4.69, 9.17) is 9.97 Å². The Morgan fingerprint density at radius 1 is 0.271 bits per heavy atom. The Morgan fingerprint density at radius 3 is 1.20 bits per heavy atom. The number of rotatable bonds is 6. The molecule has 5 heterocycles. The molecule has 0 aliphatic heterocycles. The minimum absolute atomic E-state index is 0.591. The van der Waals surface area contributed by atoms with E-state index >= 15 is 0 Å². The zero-order valence-corrected chi connectivity index (χ0v) is 37.8. The molecule has 0 aliphatic carbocycles. The number of hydrogen-bond acceptors (Lipinski definition) is 2. The third-order valence-corrected chi connectivity index (χ3v) is 14.4. The molecule has 0 unspecified atom stereocenters. The van der Waals surface area contributed by atoms with E-state index in [1.165, 1.54) is 32.3 Å². The van der Waals surface area contributed by atoms with Crippen LogP contribution in [-0.2, 0) is 0 Å². The molecule has 15 rings (SSSR count). The Kier molecular flexibility index (Phi) is 8.26. The number of fused-ring (bicyclic) bond motifs is 12. The first-order chi connectivity index (χ1) is 34.8. The summed E-state index contributed by atoms with van der Waals surface area (Å²) < 4.78 is 9.42. The molecule has 15 aromatic rings. The molecule has 6 heteroatoms. The third kappa shape index (κ3) is 5.50. The van der Waals surface area contributed by atoms with Crippen molar-refractivity contribution in [3.05, 3.63) is 243 Å². The van der Waals surface area contributed by atoms with Crippen LogP contribution in [0.15, 0.2) is 243 Å². The van der Waals surface area contributed by atoms with Crippen LogP contribution in [0.1, 0.15) is 0 Å². The fraction of sp³-hybridized carbons (Fsp3) is 0. The summed E-state index contributed by atoms with van der Waals surface area (Å²) in [4.78, 5) is 11.5. The van der Waals surface area contributed by atoms with Crippen molar-refractivity contribution in [2.75, 3.05) is 0 Å². The molecule has 0 radical (unpaired) electrons. The van der Waals surface area contributed by atoms with Gasteiger partial charge in [0.1, 0.15) is 5.82 Å². The van der Waals surface area contributed by atoms with E-state index < -0.39 is 0 Å². The fourth-order valence-electron chi connectivity index (χ4n) is 11.6. The lowest BCUT2D eigenvalue weighted by Crippen LogP contribution is -2.09. The molecule has 10 aromatic carbocycles. The van der Waals surface area contributed by atoms with Gasteiger partial charge in [-0.15, -0.1) is 0 Å². The monoisotopic (exact) mass is 892 g/mol. The fourth-order valence-corrected chi connectivity index (χ4v) is 11.6. The molecule has 0 aliphatic rings. The molecule has 0 N–H and O–H groups in total. The number of nitrogens with zero attached hydrogens (tertiary/aromatic N) is 6. The predicted molar refractivity (Wildman–Crippen MR) is 290 cm³/mol. The largest absolute Gasteiger partial charge is 0.309 e. The van der Waals surface area contributed by atoms with Crippen LogP contribution in [0.2, 0.25) is 0 Å². The van der Waals surface area contributed by atoms with Gasteiger partial charge in [-0.25, -0.2) is 4.98 Å². The van der Waals surface area contributed by atoms with Crippen LogP contribution in [-0.4, -0.2) is 28.2 Å². The maximum atomic E-state index is 5.85. The molecule has 0 spiro atoms. The predicted octanol–water partition coefficient (Wildman–Crippen LogP) is 16.2. The maximum absolute atomic E-state index is 5.85. The minimum Gasteiger partial charge on any atom is -0.309 e. The maximum Gasteiger partial charge on any atom is 0.237 e. The molecule has 0 saturated carbocycles. The van der Waals surface area contributed by atoms with Gasteiger partial charge in [0.15, 0.2) is 0 Å². The molecule has 326 valence electrons. The van der Waals surface area contributed by atoms with Crippen molar-refractivity contribution >= 4 is 87.2 Å². The second-order valence-electron chi connectivity index (χ2n) is 18.1. The molecule has 0 atom stereocenters. The lowest BCUT2D eigenvalue weighted by atomic mass is 9.92. The summed E-state index contributed by atoms with van der Waals surface area (Å²) in [5.41, 5.74) is 14.9. The summed E-state index contributed by atoms with van der Waals surface area (Å²) in [6.07, 6.45) is 0. The first kappa shape index (κ1) is 38.6. The molecule has 5 aromatic heterocycles. The Labute approximate surface area is 401 Å². The molecule has 0 fully saturated rings. The van der Waals surface area contributed by atoms with Gasteiger partial charge in [0.25, 0.3) is 0 Å². The van der Waals surface area contributed by atoms with Crippen LogP contribution in [0.5, 0.6) is 0 Å². The van der Waals surface area contributed by atoms with Crippen molar-refractivity contribution in [2.24, 2.45) is 0 Å². The molecule has 0 bridgehead atoms. The highest BCUT2D eigenvalue weighted by molar-refractivity contribution is 6.18. The summed E-state index contributed by atoms with van der Waals surface area (Å²) >= 11 is 0. The molecule has 70 heavy (non-hydrogen) atoms. The van der Waals surface area contributed by atoms with E-state index in [0.29, 0.717) is 5.95 Å². The minimum atomic E-state index is 0.591. The summed E-state index contributed by atoms with van der Waals surface area (Å²) in [6, 6.07) is 87.4. The standard InChI is InChI=1S/C64H40N6/c1-2-20-41(21-3-1)67-58-37-17-10-28-50(58)62-48(29-18-38-59(62)67)49-30-19-39-60(68-52-31-11-4-22-42(52)43-23-5-12-32-53(43)68)63(49)51-40-61(69-54-33-13-6-24-44(54)45-25-7-14-34-55(45)69)66-64(65-51)70-56-35-15-8-26-46(56)47-27-9-16-36-57(47)70/h1-40H. The van der Waals surface area contributed by atoms with Gasteiger partial charge in [-0.3, -0.25) is 9.13 Å². The second kappa shape index (κ2) is 15.0. The molecular formula is C64H40N6. The lowest BCUT2D eigenvalue weighted by molar-refractivity contribution is 0.951. The van der Waals surface area contributed by atoms with Crippen LogP contribution in [0.4, 0.5) is 0 Å². The van der Waals surface area contributed by atoms with Gasteiger partial charge in [0, 0.05) is 60.4 Å². The first-order valence-electron chi connectivity index (χ1n) is 23.8. The molecule has 0 amide bonds. The Morgan fingerprint density at radius 2 is 0.671 bits per heavy atom. The van der Waals surface area contributed by atoms with Gasteiger partial charge in [-0.1, -0.05) is 170 Å². The van der Waals surface area contributed by atoms with Crippen LogP contribution in [0, 0.1) is 0 Å². The molecule has 0 saturated heterocycles. The van der Waals surface area contributed by atoms with Crippen molar-refractivity contribution in [1.82, 2.24) is 28.2 Å². The Bertz CT molecular complexity index is 4310. The van der Waals surface area contributed by atoms with Crippen molar-refractivity contribution in [1.29, 1.82) is 0 Å². The van der Waals surface area contributed by atoms with Gasteiger partial charge < -0.3 is 9.13 Å². The average Bonchev–Trinajstić information content (AvgIpc) is 4.16. The van der Waals surface area contributed by atoms with Gasteiger partial charge in [0.2, 0.25) is 5.95 Å². The first-order valence-corrected chi connectivity index (χ1v) is 23.8. The SMILES string of the molecule is c1ccc(-n2c3ccccc3c3c(-c4cccc(-n5c6ccccc6c6ccccc65)c4-c4cc(-n5c6ccccc6c6ccccc65)nc(-n5c6ccccc6c6ccccc65)n4)cccc32)cc1. The zero-order valence-electron chi connectivity index (χ0n) is 37.8. The van der Waals surface area contributed by atoms with E-state index in [1.54, 1.807) is 0 Å². The van der Waals surface area contributed by atoms with Crippen LogP contribution in [0.25, 0.3) is 133 Å². The van der Waals surface area contributed by atoms with Crippen molar-refractivity contribution in [3.8, 4) is 45.5 Å². The normalized spacial score (nSPS) is 12.0. The average molecular weight is 893 g/mol. The lowest BCUT2D eigenvalue weighted by Gasteiger charge is -2.20. The van der Waals surface area contributed by atoms with Gasteiger partial charge in [0.05, 0.1) is 55.5 Å². The summed E-state index contributed by atoms with van der Waals surface area (Å²) in [7, 11) is 0. The van der Waals surface area contributed by atoms with E-state index in [1.807, 2.05) is 0 Å². The number of aromatic nitrogens is 6. The number of para-hydroxylation sites is 8. The smallest absolute Gasteiger partial charge is 0.237 e. The molecule has 6 nitrogen and oxygen atoms in total. The highest BCUT2D eigenvalue weighted by Gasteiger charge is 2.26. The van der Waals surface area contributed by atoms with E-state index in [9.17, 15) is 0 Å². The van der Waals surface area contributed by atoms with E-state index in [0.717, 1.165) is 94.5 Å². The molecular weight excluding hydrogens is 853 g/mol. The second-order valence-corrected chi connectivity index (χ2v) is 18.1. The summed E-state index contributed by atoms with van der Waals surface area (Å²) in [6.45, 7) is 0. The highest BCUT2D eigenvalue weighted by Crippen LogP contribution is 2.46. The Balaban J connectivity index is 1.13. The number of benzene rings is 10. The van der Waals surface area contributed by atoms with Crippen molar-refractivity contribution < 1.29 is 0 Å². The number of hydrogen-bond donors (Lipinski definition) is 0. The highest BCUT2D eigenvalue weighted by atomic mass is 15.2. The summed E-state index contributed by atoms with van der Waals surface area (Å²) in [5, 5.41) is 9.40. The quantitative estimate of drug-likeness (QED) is 0.167. The van der Waals surface area contributed by atoms with E-state index in [-0.39, 0.29) is 0 Å². The van der Waals surface area contributed by atoms with Gasteiger partial charge in [-0.05, 0) is 77.9 Å². The van der Waals surface area contributed by atoms with E-state index in [2.05, 4.69) is 261 Å². The van der Waals surface area contributed by atoms with Gasteiger partial charge in [-0.2, -0.15) is 4.98 Å². The van der Waals surface area contributed by atoms with Crippen LogP contribution < -0.4 is 0 Å². The van der Waals surface area contributed by atoms with Crippen molar-refractivity contribution in [2.45, 2.75) is 0 Å². The zero-order chi connectivity index (χ0) is 45.9. The summed E-state index contributed by atoms with van der Waals surface area (Å²) in [5.74, 6) is 1.37. The van der Waals surface area contributed by atoms with Crippen molar-refractivity contribution in [3.63, 3.8) is 0 Å².